The van der Waals surface area contributed by atoms with Crippen molar-refractivity contribution in [1.82, 2.24) is 0 Å². The number of rotatable bonds is 6. The minimum absolute atomic E-state index is 0.0138. The van der Waals surface area contributed by atoms with Crippen LogP contribution in [0.25, 0.3) is 0 Å². The fraction of sp³-hybridized carbons (Fsp3) is 0.588. The zero-order chi connectivity index (χ0) is 15.5. The number of carbonyl (C=O) groups excluding carboxylic acids is 1. The number of hydrogen-bond donors (Lipinski definition) is 2. The lowest BCUT2D eigenvalue weighted by Gasteiger charge is -2.27. The monoisotopic (exact) mass is 304 g/mol. The highest BCUT2D eigenvalue weighted by Gasteiger charge is 2.49. The lowest BCUT2D eigenvalue weighted by atomic mass is 9.84. The predicted octanol–water partition coefficient (Wildman–Crippen LogP) is 2.02. The van der Waals surface area contributed by atoms with E-state index in [1.54, 1.807) is 7.11 Å². The summed E-state index contributed by atoms with van der Waals surface area (Å²) in [5, 5.41) is 3.00. The highest BCUT2D eigenvalue weighted by Crippen LogP contribution is 2.47. The number of fused-ring (bicyclic) bond motifs is 2. The number of methoxy groups -OCH3 is 1. The molecule has 5 nitrogen and oxygen atoms in total. The van der Waals surface area contributed by atoms with Crippen LogP contribution >= 0.6 is 0 Å². The molecule has 1 amide bonds. The summed E-state index contributed by atoms with van der Waals surface area (Å²) in [6.07, 6.45) is 3.43. The van der Waals surface area contributed by atoms with Crippen LogP contribution in [0.2, 0.25) is 0 Å². The Morgan fingerprint density at radius 3 is 2.86 bits per heavy atom. The Morgan fingerprint density at radius 1 is 1.32 bits per heavy atom. The van der Waals surface area contributed by atoms with Crippen LogP contribution in [-0.4, -0.2) is 32.3 Å². The number of benzene rings is 1. The minimum atomic E-state index is -0.0446. The van der Waals surface area contributed by atoms with Gasteiger partial charge in [0.05, 0.1) is 12.5 Å². The van der Waals surface area contributed by atoms with E-state index in [4.69, 9.17) is 15.2 Å². The number of ether oxygens (including phenoxy) is 2. The zero-order valence-corrected chi connectivity index (χ0v) is 13.0. The Balaban J connectivity index is 1.60. The van der Waals surface area contributed by atoms with Crippen LogP contribution in [0.15, 0.2) is 24.3 Å². The fourth-order valence-corrected chi connectivity index (χ4v) is 3.86. The third-order valence-electron chi connectivity index (χ3n) is 4.94. The molecular formula is C17H24N2O3. The fourth-order valence-electron chi connectivity index (χ4n) is 3.86. The quantitative estimate of drug-likeness (QED) is 0.789. The van der Waals surface area contributed by atoms with Gasteiger partial charge in [-0.2, -0.15) is 0 Å². The summed E-state index contributed by atoms with van der Waals surface area (Å²) in [5.74, 6) is 1.73. The summed E-state index contributed by atoms with van der Waals surface area (Å²) < 4.78 is 10.5. The zero-order valence-electron chi connectivity index (χ0n) is 13.0. The smallest absolute Gasteiger partial charge is 0.229 e. The maximum absolute atomic E-state index is 12.5. The van der Waals surface area contributed by atoms with Crippen LogP contribution in [0.1, 0.15) is 19.3 Å². The molecule has 4 unspecified atom stereocenters. The molecule has 2 aliphatic rings. The second-order valence-electron chi connectivity index (χ2n) is 6.29. The van der Waals surface area contributed by atoms with Gasteiger partial charge in [-0.3, -0.25) is 4.79 Å². The van der Waals surface area contributed by atoms with Crippen LogP contribution in [0.3, 0.4) is 0 Å². The number of nitrogens with two attached hydrogens (primary N) is 1. The van der Waals surface area contributed by atoms with Gasteiger partial charge in [0, 0.05) is 24.9 Å². The van der Waals surface area contributed by atoms with Crippen molar-refractivity contribution in [2.75, 3.05) is 25.6 Å². The van der Waals surface area contributed by atoms with Crippen molar-refractivity contribution < 1.29 is 14.3 Å². The molecule has 2 aliphatic carbocycles. The van der Waals surface area contributed by atoms with Gasteiger partial charge in [0.15, 0.2) is 0 Å². The molecule has 5 heteroatoms. The number of carbonyl (C=O) groups is 1. The summed E-state index contributed by atoms with van der Waals surface area (Å²) >= 11 is 0. The van der Waals surface area contributed by atoms with E-state index >= 15 is 0 Å². The van der Waals surface area contributed by atoms with Gasteiger partial charge in [0.25, 0.3) is 0 Å². The van der Waals surface area contributed by atoms with Crippen LogP contribution in [0.4, 0.5) is 5.69 Å². The van der Waals surface area contributed by atoms with E-state index in [0.717, 1.165) is 24.3 Å². The topological polar surface area (TPSA) is 73.6 Å². The molecule has 2 fully saturated rings. The molecule has 0 aliphatic heterocycles. The maximum Gasteiger partial charge on any atom is 0.229 e. The van der Waals surface area contributed by atoms with Crippen molar-refractivity contribution in [3.05, 3.63) is 24.3 Å². The molecule has 2 bridgehead atoms. The largest absolute Gasteiger partial charge is 0.491 e. The van der Waals surface area contributed by atoms with E-state index in [1.807, 2.05) is 24.3 Å². The molecule has 4 atom stereocenters. The van der Waals surface area contributed by atoms with Gasteiger partial charge in [-0.1, -0.05) is 6.07 Å². The summed E-state index contributed by atoms with van der Waals surface area (Å²) in [7, 11) is 1.64. The maximum atomic E-state index is 12.5. The van der Waals surface area contributed by atoms with Crippen LogP contribution < -0.4 is 15.8 Å². The molecule has 22 heavy (non-hydrogen) atoms. The van der Waals surface area contributed by atoms with Crippen molar-refractivity contribution in [2.45, 2.75) is 25.3 Å². The van der Waals surface area contributed by atoms with E-state index in [2.05, 4.69) is 5.32 Å². The summed E-state index contributed by atoms with van der Waals surface area (Å²) in [5.41, 5.74) is 6.99. The van der Waals surface area contributed by atoms with Gasteiger partial charge in [0.2, 0.25) is 5.91 Å². The van der Waals surface area contributed by atoms with Crippen molar-refractivity contribution in [2.24, 2.45) is 23.5 Å². The van der Waals surface area contributed by atoms with Gasteiger partial charge >= 0.3 is 0 Å². The first-order chi connectivity index (χ1) is 10.7. The highest BCUT2D eigenvalue weighted by molar-refractivity contribution is 5.93. The summed E-state index contributed by atoms with van der Waals surface area (Å²) in [4.78, 5) is 12.5. The molecule has 0 heterocycles. The van der Waals surface area contributed by atoms with Gasteiger partial charge in [-0.25, -0.2) is 0 Å². The molecule has 0 saturated heterocycles. The average molecular weight is 304 g/mol. The Bertz CT molecular complexity index is 532. The molecule has 1 aromatic rings. The number of amides is 1. The third kappa shape index (κ3) is 3.10. The van der Waals surface area contributed by atoms with Crippen molar-refractivity contribution >= 4 is 11.6 Å². The molecule has 0 spiro atoms. The van der Waals surface area contributed by atoms with Gasteiger partial charge in [-0.05, 0) is 43.2 Å². The molecular weight excluding hydrogens is 280 g/mol. The molecule has 1 aromatic carbocycles. The first-order valence-corrected chi connectivity index (χ1v) is 7.97. The van der Waals surface area contributed by atoms with E-state index < -0.39 is 0 Å². The van der Waals surface area contributed by atoms with Gasteiger partial charge in [0.1, 0.15) is 12.4 Å². The predicted molar refractivity (Wildman–Crippen MR) is 84.7 cm³/mol. The standard InChI is InChI=1S/C17H24N2O3/c1-21-7-8-22-14-4-2-3-13(10-14)19-17(20)15-11-5-6-12(9-11)16(15)18/h2-4,10-12,15-16H,5-9,18H2,1H3,(H,19,20). The number of hydrogen-bond acceptors (Lipinski definition) is 4. The van der Waals surface area contributed by atoms with Crippen molar-refractivity contribution in [3.63, 3.8) is 0 Å². The normalized spacial score (nSPS) is 29.5. The van der Waals surface area contributed by atoms with E-state index in [0.29, 0.717) is 25.0 Å². The number of anilines is 1. The highest BCUT2D eigenvalue weighted by atomic mass is 16.5. The van der Waals surface area contributed by atoms with Crippen LogP contribution in [-0.2, 0) is 9.53 Å². The van der Waals surface area contributed by atoms with E-state index in [1.165, 1.54) is 6.42 Å². The summed E-state index contributed by atoms with van der Waals surface area (Å²) in [6.45, 7) is 1.03. The van der Waals surface area contributed by atoms with E-state index in [-0.39, 0.29) is 17.9 Å². The molecule has 3 rings (SSSR count). The molecule has 120 valence electrons. The SMILES string of the molecule is COCCOc1cccc(NC(=O)C2C3CCC(C3)C2N)c1. The van der Waals surface area contributed by atoms with E-state index in [9.17, 15) is 4.79 Å². The van der Waals surface area contributed by atoms with Gasteiger partial charge in [-0.15, -0.1) is 0 Å². The Labute approximate surface area is 131 Å². The van der Waals surface area contributed by atoms with Gasteiger partial charge < -0.3 is 20.5 Å². The number of nitrogens with one attached hydrogen (secondary N) is 1. The second kappa shape index (κ2) is 6.67. The second-order valence-corrected chi connectivity index (χ2v) is 6.29. The third-order valence-corrected chi connectivity index (χ3v) is 4.94. The van der Waals surface area contributed by atoms with Crippen LogP contribution in [0, 0.1) is 17.8 Å². The molecule has 0 aromatic heterocycles. The first-order valence-electron chi connectivity index (χ1n) is 7.97. The molecule has 3 N–H and O–H groups in total. The average Bonchev–Trinajstić information content (AvgIpc) is 3.08. The summed E-state index contributed by atoms with van der Waals surface area (Å²) in [6, 6.07) is 7.47. The van der Waals surface area contributed by atoms with Crippen LogP contribution in [0.5, 0.6) is 5.75 Å². The Morgan fingerprint density at radius 2 is 2.14 bits per heavy atom. The first kappa shape index (κ1) is 15.3. The lowest BCUT2D eigenvalue weighted by molar-refractivity contribution is -0.121. The molecule has 2 saturated carbocycles. The Hall–Kier alpha value is -1.59. The Kier molecular flexibility index (Phi) is 4.64. The van der Waals surface area contributed by atoms with Crippen molar-refractivity contribution in [3.8, 4) is 5.75 Å². The minimum Gasteiger partial charge on any atom is -0.491 e. The molecule has 0 radical (unpaired) electrons. The van der Waals surface area contributed by atoms with Crippen molar-refractivity contribution in [1.29, 1.82) is 0 Å². The lowest BCUT2D eigenvalue weighted by Crippen LogP contribution is -2.42.